The Morgan fingerprint density at radius 3 is 2.61 bits per heavy atom. The van der Waals surface area contributed by atoms with Crippen LogP contribution >= 0.6 is 0 Å². The van der Waals surface area contributed by atoms with Crippen molar-refractivity contribution in [3.8, 4) is 0 Å². The number of carbonyl (C=O) groups is 1. The summed E-state index contributed by atoms with van der Waals surface area (Å²) in [7, 11) is 0. The molecule has 2 aromatic carbocycles. The molecule has 0 heterocycles. The topological polar surface area (TPSA) is 43.1 Å². The number of hydrogen-bond donors (Lipinski definition) is 1. The molecule has 2 N–H and O–H groups in total. The quantitative estimate of drug-likeness (QED) is 0.659. The minimum absolute atomic E-state index is 0.107. The van der Waals surface area contributed by atoms with Crippen LogP contribution in [0.3, 0.4) is 0 Å². The lowest BCUT2D eigenvalue weighted by molar-refractivity contribution is 0.0993. The zero-order valence-electron chi connectivity index (χ0n) is 10.7. The van der Waals surface area contributed by atoms with Gasteiger partial charge in [0, 0.05) is 17.7 Å². The molecule has 0 spiro atoms. The lowest BCUT2D eigenvalue weighted by Crippen LogP contribution is -2.05. The van der Waals surface area contributed by atoms with Crippen molar-refractivity contribution in [1.82, 2.24) is 0 Å². The van der Waals surface area contributed by atoms with E-state index >= 15 is 0 Å². The van der Waals surface area contributed by atoms with E-state index in [-0.39, 0.29) is 5.78 Å². The molecule has 0 amide bonds. The summed E-state index contributed by atoms with van der Waals surface area (Å²) in [5.41, 5.74) is 10.4. The Kier molecular flexibility index (Phi) is 3.47. The summed E-state index contributed by atoms with van der Waals surface area (Å²) in [5, 5.41) is 0. The van der Waals surface area contributed by atoms with Crippen molar-refractivity contribution in [2.24, 2.45) is 0 Å². The summed E-state index contributed by atoms with van der Waals surface area (Å²) in [4.78, 5) is 12.2. The molecule has 0 bridgehead atoms. The fourth-order valence-corrected chi connectivity index (χ4v) is 1.98. The average molecular weight is 239 g/mol. The molecule has 2 aromatic rings. The van der Waals surface area contributed by atoms with Crippen LogP contribution in [-0.4, -0.2) is 5.78 Å². The van der Waals surface area contributed by atoms with Crippen LogP contribution in [0.5, 0.6) is 0 Å². The number of rotatable bonds is 3. The van der Waals surface area contributed by atoms with Gasteiger partial charge in [-0.3, -0.25) is 4.79 Å². The third kappa shape index (κ3) is 2.77. The largest absolute Gasteiger partial charge is 0.399 e. The van der Waals surface area contributed by atoms with E-state index in [0.29, 0.717) is 17.7 Å². The van der Waals surface area contributed by atoms with Gasteiger partial charge in [0.05, 0.1) is 0 Å². The molecule has 2 rings (SSSR count). The highest BCUT2D eigenvalue weighted by Crippen LogP contribution is 2.15. The minimum atomic E-state index is 0.107. The molecule has 0 unspecified atom stereocenters. The van der Waals surface area contributed by atoms with Crippen LogP contribution in [-0.2, 0) is 6.42 Å². The molecule has 0 saturated carbocycles. The van der Waals surface area contributed by atoms with Gasteiger partial charge in [-0.05, 0) is 37.1 Å². The van der Waals surface area contributed by atoms with Gasteiger partial charge in [0.2, 0.25) is 0 Å². The van der Waals surface area contributed by atoms with Gasteiger partial charge in [0.25, 0.3) is 0 Å². The van der Waals surface area contributed by atoms with Crippen LogP contribution in [0, 0.1) is 13.8 Å². The zero-order chi connectivity index (χ0) is 13.1. The van der Waals surface area contributed by atoms with Crippen molar-refractivity contribution in [3.05, 3.63) is 64.7 Å². The second kappa shape index (κ2) is 5.05. The molecule has 0 saturated heterocycles. The molecule has 0 aromatic heterocycles. The van der Waals surface area contributed by atoms with Gasteiger partial charge in [-0.15, -0.1) is 0 Å². The van der Waals surface area contributed by atoms with Gasteiger partial charge in [-0.25, -0.2) is 0 Å². The molecule has 0 radical (unpaired) electrons. The monoisotopic (exact) mass is 239 g/mol. The van der Waals surface area contributed by atoms with E-state index in [1.807, 2.05) is 26.0 Å². The molecular weight excluding hydrogens is 222 g/mol. The summed E-state index contributed by atoms with van der Waals surface area (Å²) in [6.07, 6.45) is 0.428. The number of carbonyl (C=O) groups excluding carboxylic acids is 1. The maximum Gasteiger partial charge on any atom is 0.167 e. The number of ketones is 1. The van der Waals surface area contributed by atoms with Crippen molar-refractivity contribution in [1.29, 1.82) is 0 Å². The molecule has 0 aliphatic rings. The predicted molar refractivity (Wildman–Crippen MR) is 74.8 cm³/mol. The second-order valence-corrected chi connectivity index (χ2v) is 4.66. The number of nitrogens with two attached hydrogens (primary N) is 1. The van der Waals surface area contributed by atoms with Crippen LogP contribution in [0.25, 0.3) is 0 Å². The summed E-state index contributed by atoms with van der Waals surface area (Å²) in [5.74, 6) is 0.107. The highest BCUT2D eigenvalue weighted by molar-refractivity contribution is 5.98. The Balaban J connectivity index is 2.24. The SMILES string of the molecule is Cc1ccc(C)c(CC(=O)c2cccc(N)c2)c1. The Labute approximate surface area is 107 Å². The maximum absolute atomic E-state index is 12.2. The Bertz CT molecular complexity index is 587. The van der Waals surface area contributed by atoms with E-state index in [0.717, 1.165) is 11.1 Å². The molecule has 92 valence electrons. The number of benzene rings is 2. The average Bonchev–Trinajstić information content (AvgIpc) is 2.34. The standard InChI is InChI=1S/C16H17NO/c1-11-6-7-12(2)14(8-11)10-16(18)13-4-3-5-15(17)9-13/h3-9H,10,17H2,1-2H3. The van der Waals surface area contributed by atoms with Gasteiger partial charge in [0.15, 0.2) is 5.78 Å². The minimum Gasteiger partial charge on any atom is -0.399 e. The fourth-order valence-electron chi connectivity index (χ4n) is 1.98. The van der Waals surface area contributed by atoms with Crippen LogP contribution in [0.1, 0.15) is 27.0 Å². The van der Waals surface area contributed by atoms with Crippen LogP contribution < -0.4 is 5.73 Å². The second-order valence-electron chi connectivity index (χ2n) is 4.66. The van der Waals surface area contributed by atoms with Gasteiger partial charge < -0.3 is 5.73 Å². The summed E-state index contributed by atoms with van der Waals surface area (Å²) in [6, 6.07) is 13.3. The molecule has 2 heteroatoms. The van der Waals surface area contributed by atoms with Crippen molar-refractivity contribution in [2.45, 2.75) is 20.3 Å². The third-order valence-electron chi connectivity index (χ3n) is 3.06. The van der Waals surface area contributed by atoms with Gasteiger partial charge >= 0.3 is 0 Å². The highest BCUT2D eigenvalue weighted by Gasteiger charge is 2.09. The number of aryl methyl sites for hydroxylation is 2. The van der Waals surface area contributed by atoms with E-state index < -0.39 is 0 Å². The van der Waals surface area contributed by atoms with E-state index in [4.69, 9.17) is 5.73 Å². The van der Waals surface area contributed by atoms with Gasteiger partial charge in [0.1, 0.15) is 0 Å². The smallest absolute Gasteiger partial charge is 0.167 e. The highest BCUT2D eigenvalue weighted by atomic mass is 16.1. The molecule has 0 fully saturated rings. The predicted octanol–water partition coefficient (Wildman–Crippen LogP) is 3.31. The fraction of sp³-hybridized carbons (Fsp3) is 0.188. The Morgan fingerprint density at radius 2 is 1.89 bits per heavy atom. The van der Waals surface area contributed by atoms with E-state index in [1.54, 1.807) is 12.1 Å². The van der Waals surface area contributed by atoms with Crippen LogP contribution in [0.15, 0.2) is 42.5 Å². The number of nitrogen functional groups attached to an aromatic ring is 1. The third-order valence-corrected chi connectivity index (χ3v) is 3.06. The Hall–Kier alpha value is -2.09. The molecule has 0 aliphatic carbocycles. The summed E-state index contributed by atoms with van der Waals surface area (Å²) >= 11 is 0. The van der Waals surface area contributed by atoms with E-state index in [9.17, 15) is 4.79 Å². The van der Waals surface area contributed by atoms with Gasteiger partial charge in [-0.2, -0.15) is 0 Å². The van der Waals surface area contributed by atoms with E-state index in [1.165, 1.54) is 5.56 Å². The normalized spacial score (nSPS) is 10.3. The summed E-state index contributed by atoms with van der Waals surface area (Å²) in [6.45, 7) is 4.06. The van der Waals surface area contributed by atoms with Crippen molar-refractivity contribution >= 4 is 11.5 Å². The van der Waals surface area contributed by atoms with Crippen LogP contribution in [0.4, 0.5) is 5.69 Å². The molecular formula is C16H17NO. The van der Waals surface area contributed by atoms with Crippen molar-refractivity contribution in [2.75, 3.05) is 5.73 Å². The van der Waals surface area contributed by atoms with E-state index in [2.05, 4.69) is 18.2 Å². The first kappa shape index (κ1) is 12.4. The first-order chi connectivity index (χ1) is 8.56. The lowest BCUT2D eigenvalue weighted by atomic mass is 9.98. The zero-order valence-corrected chi connectivity index (χ0v) is 10.7. The molecule has 0 aliphatic heterocycles. The maximum atomic E-state index is 12.2. The molecule has 18 heavy (non-hydrogen) atoms. The number of anilines is 1. The van der Waals surface area contributed by atoms with Crippen LogP contribution in [0.2, 0.25) is 0 Å². The first-order valence-electron chi connectivity index (χ1n) is 6.01. The van der Waals surface area contributed by atoms with Crippen molar-refractivity contribution < 1.29 is 4.79 Å². The molecule has 2 nitrogen and oxygen atoms in total. The number of hydrogen-bond acceptors (Lipinski definition) is 2. The van der Waals surface area contributed by atoms with Gasteiger partial charge in [-0.1, -0.05) is 35.9 Å². The first-order valence-corrected chi connectivity index (χ1v) is 6.01. The molecule has 0 atom stereocenters. The summed E-state index contributed by atoms with van der Waals surface area (Å²) < 4.78 is 0. The Morgan fingerprint density at radius 1 is 1.11 bits per heavy atom. The lowest BCUT2D eigenvalue weighted by Gasteiger charge is -2.07. The van der Waals surface area contributed by atoms with Crippen molar-refractivity contribution in [3.63, 3.8) is 0 Å². The number of Topliss-reactive ketones (excluding diaryl/α,β-unsaturated/α-hetero) is 1.